The van der Waals surface area contributed by atoms with Crippen molar-refractivity contribution in [3.8, 4) is 11.8 Å². The molecule has 1 unspecified atom stereocenters. The summed E-state index contributed by atoms with van der Waals surface area (Å²) >= 11 is 5.76. The van der Waals surface area contributed by atoms with E-state index in [4.69, 9.17) is 21.6 Å². The molecule has 1 aromatic rings. The van der Waals surface area contributed by atoms with Crippen LogP contribution in [0, 0.1) is 11.3 Å². The van der Waals surface area contributed by atoms with Crippen LogP contribution in [-0.2, 0) is 0 Å². The maximum absolute atomic E-state index is 10.7. The minimum Gasteiger partial charge on any atom is -0.475 e. The quantitative estimate of drug-likeness (QED) is 0.719. The molecule has 3 nitrogen and oxygen atoms in total. The van der Waals surface area contributed by atoms with Gasteiger partial charge in [-0.25, -0.2) is 0 Å². The van der Waals surface area contributed by atoms with Crippen LogP contribution in [0.5, 0.6) is 5.75 Å². The van der Waals surface area contributed by atoms with E-state index in [0.29, 0.717) is 17.1 Å². The number of benzene rings is 1. The molecular weight excluding hydrogens is 202 g/mol. The summed E-state index contributed by atoms with van der Waals surface area (Å²) in [6.07, 6.45) is 0.00838. The highest BCUT2D eigenvalue weighted by Crippen LogP contribution is 2.25. The zero-order valence-corrected chi connectivity index (χ0v) is 8.28. The number of nitriles is 1. The van der Waals surface area contributed by atoms with E-state index in [9.17, 15) is 4.79 Å². The standard InChI is InChI=1S/C10H8ClNO2/c1-7(5-12)14-10-4-2-3-9(11)8(10)6-13/h2-4,6-7H,1H3. The van der Waals surface area contributed by atoms with Crippen molar-refractivity contribution in [1.29, 1.82) is 5.26 Å². The summed E-state index contributed by atoms with van der Waals surface area (Å²) in [5.41, 5.74) is 0.274. The van der Waals surface area contributed by atoms with Gasteiger partial charge >= 0.3 is 0 Å². The van der Waals surface area contributed by atoms with E-state index < -0.39 is 6.10 Å². The van der Waals surface area contributed by atoms with Gasteiger partial charge in [-0.1, -0.05) is 17.7 Å². The Kier molecular flexibility index (Phi) is 3.49. The molecule has 0 bridgehead atoms. The second-order valence-electron chi connectivity index (χ2n) is 2.66. The van der Waals surface area contributed by atoms with Crippen LogP contribution >= 0.6 is 11.6 Å². The fourth-order valence-electron chi connectivity index (χ4n) is 0.951. The molecule has 0 saturated heterocycles. The zero-order valence-electron chi connectivity index (χ0n) is 7.53. The minimum absolute atomic E-state index is 0.274. The third kappa shape index (κ3) is 2.24. The van der Waals surface area contributed by atoms with Crippen LogP contribution in [0.15, 0.2) is 18.2 Å². The second kappa shape index (κ2) is 4.64. The molecule has 0 heterocycles. The Morgan fingerprint density at radius 1 is 1.64 bits per heavy atom. The molecule has 0 spiro atoms. The van der Waals surface area contributed by atoms with Gasteiger partial charge in [0.25, 0.3) is 0 Å². The van der Waals surface area contributed by atoms with Crippen molar-refractivity contribution >= 4 is 17.9 Å². The van der Waals surface area contributed by atoms with Crippen molar-refractivity contribution in [3.63, 3.8) is 0 Å². The van der Waals surface area contributed by atoms with Crippen molar-refractivity contribution in [1.82, 2.24) is 0 Å². The van der Waals surface area contributed by atoms with Crippen molar-refractivity contribution in [2.75, 3.05) is 0 Å². The molecule has 4 heteroatoms. The average Bonchev–Trinajstić information content (AvgIpc) is 2.18. The van der Waals surface area contributed by atoms with Crippen LogP contribution in [0.3, 0.4) is 0 Å². The summed E-state index contributed by atoms with van der Waals surface area (Å²) in [4.78, 5) is 10.7. The number of hydrogen-bond donors (Lipinski definition) is 0. The van der Waals surface area contributed by atoms with Gasteiger partial charge < -0.3 is 4.74 Å². The van der Waals surface area contributed by atoms with Gasteiger partial charge in [0, 0.05) is 0 Å². The maximum Gasteiger partial charge on any atom is 0.181 e. The number of carbonyl (C=O) groups is 1. The number of hydrogen-bond acceptors (Lipinski definition) is 3. The predicted octanol–water partition coefficient (Wildman–Crippen LogP) is 2.44. The lowest BCUT2D eigenvalue weighted by atomic mass is 10.2. The molecule has 1 atom stereocenters. The number of rotatable bonds is 3. The Hall–Kier alpha value is -1.53. The third-order valence-electron chi connectivity index (χ3n) is 1.62. The first-order valence-corrected chi connectivity index (χ1v) is 4.36. The monoisotopic (exact) mass is 209 g/mol. The third-order valence-corrected chi connectivity index (χ3v) is 1.95. The van der Waals surface area contributed by atoms with E-state index >= 15 is 0 Å². The summed E-state index contributed by atoms with van der Waals surface area (Å²) in [7, 11) is 0. The molecule has 0 amide bonds. The van der Waals surface area contributed by atoms with Gasteiger partial charge in [-0.05, 0) is 19.1 Å². The number of ether oxygens (including phenoxy) is 1. The summed E-state index contributed by atoms with van der Waals surface area (Å²) < 4.78 is 5.19. The van der Waals surface area contributed by atoms with Crippen LogP contribution < -0.4 is 4.74 Å². The van der Waals surface area contributed by atoms with E-state index in [1.54, 1.807) is 25.1 Å². The van der Waals surface area contributed by atoms with Crippen LogP contribution in [-0.4, -0.2) is 12.4 Å². The molecule has 0 N–H and O–H groups in total. The summed E-state index contributed by atoms with van der Waals surface area (Å²) in [5.74, 6) is 0.335. The Balaban J connectivity index is 3.03. The highest BCUT2D eigenvalue weighted by atomic mass is 35.5. The Bertz CT molecular complexity index is 384. The maximum atomic E-state index is 10.7. The fourth-order valence-corrected chi connectivity index (χ4v) is 1.16. The number of carbonyl (C=O) groups excluding carboxylic acids is 1. The zero-order chi connectivity index (χ0) is 10.6. The summed E-state index contributed by atoms with van der Waals surface area (Å²) in [5, 5.41) is 8.85. The molecule has 0 saturated carbocycles. The first-order chi connectivity index (χ1) is 6.69. The van der Waals surface area contributed by atoms with Gasteiger partial charge in [0.05, 0.1) is 10.6 Å². The molecule has 0 aliphatic heterocycles. The Labute approximate surface area is 86.9 Å². The number of nitrogens with zero attached hydrogens (tertiary/aromatic N) is 1. The molecule has 0 radical (unpaired) electrons. The molecule has 0 fully saturated rings. The normalized spacial score (nSPS) is 11.5. The molecule has 1 rings (SSSR count). The van der Waals surface area contributed by atoms with Crippen molar-refractivity contribution < 1.29 is 9.53 Å². The van der Waals surface area contributed by atoms with E-state index in [1.807, 2.05) is 6.07 Å². The molecule has 14 heavy (non-hydrogen) atoms. The van der Waals surface area contributed by atoms with E-state index in [1.165, 1.54) is 0 Å². The lowest BCUT2D eigenvalue weighted by molar-refractivity contribution is 0.111. The Morgan fingerprint density at radius 3 is 2.93 bits per heavy atom. The topological polar surface area (TPSA) is 50.1 Å². The largest absolute Gasteiger partial charge is 0.475 e. The van der Waals surface area contributed by atoms with Crippen LogP contribution in [0.1, 0.15) is 17.3 Å². The lowest BCUT2D eigenvalue weighted by Crippen LogP contribution is -2.09. The summed E-state index contributed by atoms with van der Waals surface area (Å²) in [6, 6.07) is 6.76. The van der Waals surface area contributed by atoms with Gasteiger partial charge in [-0.2, -0.15) is 5.26 Å². The minimum atomic E-state index is -0.604. The van der Waals surface area contributed by atoms with Gasteiger partial charge in [-0.15, -0.1) is 0 Å². The van der Waals surface area contributed by atoms with Crippen molar-refractivity contribution in [2.45, 2.75) is 13.0 Å². The van der Waals surface area contributed by atoms with Crippen LogP contribution in [0.25, 0.3) is 0 Å². The molecule has 0 aromatic heterocycles. The predicted molar refractivity (Wildman–Crippen MR) is 52.5 cm³/mol. The highest BCUT2D eigenvalue weighted by Gasteiger charge is 2.09. The molecule has 0 aliphatic carbocycles. The number of aldehydes is 1. The molecular formula is C10H8ClNO2. The first-order valence-electron chi connectivity index (χ1n) is 3.99. The lowest BCUT2D eigenvalue weighted by Gasteiger charge is -2.10. The van der Waals surface area contributed by atoms with E-state index in [2.05, 4.69) is 0 Å². The molecule has 0 aliphatic rings. The Morgan fingerprint density at radius 2 is 2.36 bits per heavy atom. The summed E-state index contributed by atoms with van der Waals surface area (Å²) in [6.45, 7) is 1.59. The van der Waals surface area contributed by atoms with Crippen molar-refractivity contribution in [3.05, 3.63) is 28.8 Å². The SMILES string of the molecule is CC(C#N)Oc1cccc(Cl)c1C=O. The van der Waals surface area contributed by atoms with E-state index in [0.717, 1.165) is 0 Å². The second-order valence-corrected chi connectivity index (χ2v) is 3.07. The van der Waals surface area contributed by atoms with E-state index in [-0.39, 0.29) is 5.56 Å². The van der Waals surface area contributed by atoms with Crippen molar-refractivity contribution in [2.24, 2.45) is 0 Å². The van der Waals surface area contributed by atoms with Gasteiger partial charge in [0.1, 0.15) is 11.8 Å². The average molecular weight is 210 g/mol. The van der Waals surface area contributed by atoms with Crippen LogP contribution in [0.4, 0.5) is 0 Å². The van der Waals surface area contributed by atoms with Crippen LogP contribution in [0.2, 0.25) is 5.02 Å². The first kappa shape index (κ1) is 10.6. The van der Waals surface area contributed by atoms with Gasteiger partial charge in [0.2, 0.25) is 0 Å². The fraction of sp³-hybridized carbons (Fsp3) is 0.200. The smallest absolute Gasteiger partial charge is 0.181 e. The van der Waals surface area contributed by atoms with Gasteiger partial charge in [0.15, 0.2) is 12.4 Å². The number of halogens is 1. The molecule has 72 valence electrons. The van der Waals surface area contributed by atoms with Gasteiger partial charge in [-0.3, -0.25) is 4.79 Å². The highest BCUT2D eigenvalue weighted by molar-refractivity contribution is 6.33. The molecule has 1 aromatic carbocycles.